The molecule has 0 aromatic heterocycles. The van der Waals surface area contributed by atoms with E-state index in [0.717, 1.165) is 5.69 Å². The molecule has 1 fully saturated rings. The Morgan fingerprint density at radius 3 is 2.20 bits per heavy atom. The van der Waals surface area contributed by atoms with Crippen LogP contribution in [0.15, 0.2) is 60.2 Å². The van der Waals surface area contributed by atoms with Gasteiger partial charge in [-0.15, -0.1) is 0 Å². The largest absolute Gasteiger partial charge is 0.507 e. The fourth-order valence-corrected chi connectivity index (χ4v) is 3.56. The van der Waals surface area contributed by atoms with Crippen molar-refractivity contribution < 1.29 is 24.6 Å². The molecule has 1 unspecified atom stereocenters. The van der Waals surface area contributed by atoms with Crippen molar-refractivity contribution in [2.75, 3.05) is 25.5 Å². The lowest BCUT2D eigenvalue weighted by molar-refractivity contribution is -0.140. The lowest BCUT2D eigenvalue weighted by Gasteiger charge is -2.25. The summed E-state index contributed by atoms with van der Waals surface area (Å²) in [6.07, 6.45) is 0.0913. The number of nitrogens with zero attached hydrogens (tertiary/aromatic N) is 2. The van der Waals surface area contributed by atoms with Gasteiger partial charge in [0.15, 0.2) is 0 Å². The number of carboxylic acid groups (broad SMARTS) is 1. The van der Waals surface area contributed by atoms with Crippen molar-refractivity contribution in [1.29, 1.82) is 0 Å². The van der Waals surface area contributed by atoms with E-state index < -0.39 is 23.7 Å². The second-order valence-electron chi connectivity index (χ2n) is 7.34. The minimum Gasteiger partial charge on any atom is -0.507 e. The highest BCUT2D eigenvalue weighted by molar-refractivity contribution is 6.46. The summed E-state index contributed by atoms with van der Waals surface area (Å²) in [5.41, 5.74) is 2.08. The van der Waals surface area contributed by atoms with Crippen LogP contribution in [0.1, 0.15) is 30.0 Å². The normalized spacial score (nSPS) is 17.9. The van der Waals surface area contributed by atoms with Gasteiger partial charge in [-0.2, -0.15) is 0 Å². The number of anilines is 1. The van der Waals surface area contributed by atoms with Gasteiger partial charge < -0.3 is 20.0 Å². The number of aliphatic hydroxyl groups is 1. The van der Waals surface area contributed by atoms with Crippen LogP contribution < -0.4 is 4.90 Å². The molecule has 0 spiro atoms. The maximum absolute atomic E-state index is 12.9. The first-order valence-electron chi connectivity index (χ1n) is 9.64. The third kappa shape index (κ3) is 4.20. The molecule has 1 aliphatic rings. The van der Waals surface area contributed by atoms with E-state index in [1.807, 2.05) is 43.3 Å². The average molecular weight is 408 g/mol. The van der Waals surface area contributed by atoms with Crippen molar-refractivity contribution in [3.05, 3.63) is 71.3 Å². The molecule has 2 N–H and O–H groups in total. The number of aliphatic carboxylic acids is 1. The summed E-state index contributed by atoms with van der Waals surface area (Å²) in [6.45, 7) is 0.0997. The predicted octanol–water partition coefficient (Wildman–Crippen LogP) is 3.04. The minimum absolute atomic E-state index is 0.0131. The third-order valence-electron chi connectivity index (χ3n) is 5.10. The zero-order valence-corrected chi connectivity index (χ0v) is 16.9. The lowest BCUT2D eigenvalue weighted by atomic mass is 9.95. The number of benzene rings is 2. The zero-order valence-electron chi connectivity index (χ0n) is 16.9. The number of hydrogen-bond donors (Lipinski definition) is 2. The van der Waals surface area contributed by atoms with Crippen LogP contribution in [0.3, 0.4) is 0 Å². The molecule has 156 valence electrons. The van der Waals surface area contributed by atoms with Gasteiger partial charge in [-0.3, -0.25) is 14.4 Å². The Morgan fingerprint density at radius 1 is 1.00 bits per heavy atom. The van der Waals surface area contributed by atoms with Crippen LogP contribution in [0.25, 0.3) is 5.76 Å². The summed E-state index contributed by atoms with van der Waals surface area (Å²) in [5.74, 6) is -2.72. The zero-order chi connectivity index (χ0) is 21.8. The summed E-state index contributed by atoms with van der Waals surface area (Å²) < 4.78 is 0. The minimum atomic E-state index is -0.970. The quantitative estimate of drug-likeness (QED) is 0.415. The SMILES string of the molecule is CN(C)c1ccc(C2/C(=C(/O)c3ccccc3)C(=O)C(=O)N2CCCC(=O)O)cc1. The summed E-state index contributed by atoms with van der Waals surface area (Å²) in [5, 5.41) is 19.8. The molecular formula is C23H24N2O5. The van der Waals surface area contributed by atoms with Gasteiger partial charge >= 0.3 is 5.97 Å². The lowest BCUT2D eigenvalue weighted by Crippen LogP contribution is -2.31. The van der Waals surface area contributed by atoms with E-state index in [1.54, 1.807) is 30.3 Å². The number of hydrogen-bond acceptors (Lipinski definition) is 5. The van der Waals surface area contributed by atoms with Crippen molar-refractivity contribution in [2.45, 2.75) is 18.9 Å². The number of carbonyl (C=O) groups is 3. The molecule has 7 nitrogen and oxygen atoms in total. The first kappa shape index (κ1) is 21.1. The maximum atomic E-state index is 12.9. The Kier molecular flexibility index (Phi) is 6.20. The van der Waals surface area contributed by atoms with Crippen LogP contribution >= 0.6 is 0 Å². The molecule has 7 heteroatoms. The number of Topliss-reactive ketones (excluding diaryl/α,β-unsaturated/α-hetero) is 1. The van der Waals surface area contributed by atoms with Gasteiger partial charge in [0.05, 0.1) is 11.6 Å². The highest BCUT2D eigenvalue weighted by Gasteiger charge is 2.45. The molecule has 1 atom stereocenters. The Bertz CT molecular complexity index is 980. The molecule has 0 bridgehead atoms. The standard InChI is InChI=1S/C23H24N2O5/c1-24(2)17-12-10-15(11-13-17)20-19(21(28)16-7-4-3-5-8-16)22(29)23(30)25(20)14-6-9-18(26)27/h3-5,7-8,10-13,20,28H,6,9,14H2,1-2H3,(H,26,27)/b21-19-. The summed E-state index contributed by atoms with van der Waals surface area (Å²) >= 11 is 0. The van der Waals surface area contributed by atoms with Gasteiger partial charge in [-0.1, -0.05) is 42.5 Å². The molecule has 1 heterocycles. The average Bonchev–Trinajstić information content (AvgIpc) is 2.98. The highest BCUT2D eigenvalue weighted by atomic mass is 16.4. The second kappa shape index (κ2) is 8.82. The van der Waals surface area contributed by atoms with Crippen molar-refractivity contribution in [1.82, 2.24) is 4.90 Å². The Hall–Kier alpha value is -3.61. The van der Waals surface area contributed by atoms with Gasteiger partial charge in [0.25, 0.3) is 11.7 Å². The summed E-state index contributed by atoms with van der Waals surface area (Å²) in [7, 11) is 3.81. The predicted molar refractivity (Wildman–Crippen MR) is 113 cm³/mol. The van der Waals surface area contributed by atoms with Crippen LogP contribution in [0.5, 0.6) is 0 Å². The third-order valence-corrected chi connectivity index (χ3v) is 5.10. The van der Waals surface area contributed by atoms with Crippen LogP contribution in [0.4, 0.5) is 5.69 Å². The molecule has 0 radical (unpaired) electrons. The van der Waals surface area contributed by atoms with E-state index in [1.165, 1.54) is 4.90 Å². The van der Waals surface area contributed by atoms with Gasteiger partial charge in [0.2, 0.25) is 0 Å². The van der Waals surface area contributed by atoms with Gasteiger partial charge in [-0.05, 0) is 24.1 Å². The molecule has 1 saturated heterocycles. The highest BCUT2D eigenvalue weighted by Crippen LogP contribution is 2.39. The van der Waals surface area contributed by atoms with Crippen LogP contribution in [0, 0.1) is 0 Å². The van der Waals surface area contributed by atoms with E-state index in [0.29, 0.717) is 11.1 Å². The fraction of sp³-hybridized carbons (Fsp3) is 0.261. The smallest absolute Gasteiger partial charge is 0.303 e. The Balaban J connectivity index is 2.08. The number of amides is 1. The summed E-state index contributed by atoms with van der Waals surface area (Å²) in [4.78, 5) is 39.8. The van der Waals surface area contributed by atoms with E-state index in [-0.39, 0.29) is 30.7 Å². The second-order valence-corrected chi connectivity index (χ2v) is 7.34. The van der Waals surface area contributed by atoms with E-state index in [4.69, 9.17) is 5.11 Å². The molecule has 1 amide bonds. The van der Waals surface area contributed by atoms with E-state index >= 15 is 0 Å². The number of carbonyl (C=O) groups excluding carboxylic acids is 2. The van der Waals surface area contributed by atoms with Crippen molar-refractivity contribution in [3.63, 3.8) is 0 Å². The molecule has 2 aromatic carbocycles. The van der Waals surface area contributed by atoms with Gasteiger partial charge in [0.1, 0.15) is 5.76 Å². The molecule has 2 aromatic rings. The number of rotatable bonds is 7. The van der Waals surface area contributed by atoms with Crippen LogP contribution in [0.2, 0.25) is 0 Å². The molecular weight excluding hydrogens is 384 g/mol. The number of ketones is 1. The molecule has 0 aliphatic carbocycles. The summed E-state index contributed by atoms with van der Waals surface area (Å²) in [6, 6.07) is 15.2. The number of carboxylic acids is 1. The van der Waals surface area contributed by atoms with Crippen LogP contribution in [-0.2, 0) is 14.4 Å². The fourth-order valence-electron chi connectivity index (χ4n) is 3.56. The monoisotopic (exact) mass is 408 g/mol. The van der Waals surface area contributed by atoms with E-state index in [9.17, 15) is 19.5 Å². The van der Waals surface area contributed by atoms with Crippen molar-refractivity contribution in [2.24, 2.45) is 0 Å². The topological polar surface area (TPSA) is 98.2 Å². The Labute approximate surface area is 174 Å². The molecule has 0 saturated carbocycles. The van der Waals surface area contributed by atoms with Gasteiger partial charge in [-0.25, -0.2) is 0 Å². The Morgan fingerprint density at radius 2 is 1.63 bits per heavy atom. The molecule has 3 rings (SSSR count). The first-order chi connectivity index (χ1) is 14.3. The van der Waals surface area contributed by atoms with Gasteiger partial charge in [0, 0.05) is 38.3 Å². The first-order valence-corrected chi connectivity index (χ1v) is 9.64. The van der Waals surface area contributed by atoms with Crippen molar-refractivity contribution >= 4 is 29.1 Å². The maximum Gasteiger partial charge on any atom is 0.303 e. The number of aliphatic hydroxyl groups excluding tert-OH is 1. The van der Waals surface area contributed by atoms with Crippen LogP contribution in [-0.4, -0.2) is 53.4 Å². The van der Waals surface area contributed by atoms with E-state index in [2.05, 4.69) is 0 Å². The number of likely N-dealkylation sites (tertiary alicyclic amines) is 1. The molecule has 1 aliphatic heterocycles. The molecule has 30 heavy (non-hydrogen) atoms. The van der Waals surface area contributed by atoms with Crippen molar-refractivity contribution in [3.8, 4) is 0 Å².